The highest BCUT2D eigenvalue weighted by Crippen LogP contribution is 2.32. The summed E-state index contributed by atoms with van der Waals surface area (Å²) in [5.74, 6) is 0.530. The largest absolute Gasteiger partial charge is 0.465 e. The average molecular weight is 228 g/mol. The number of hydrogen-bond donors (Lipinski definition) is 0. The molecule has 2 nitrogen and oxygen atoms in total. The van der Waals surface area contributed by atoms with E-state index in [9.17, 15) is 4.79 Å². The van der Waals surface area contributed by atoms with Crippen LogP contribution in [0.5, 0.6) is 0 Å². The monoisotopic (exact) mass is 228 g/mol. The Balaban J connectivity index is 4.34. The molecule has 0 saturated carbocycles. The fourth-order valence-corrected chi connectivity index (χ4v) is 1.69. The number of hydrogen-bond acceptors (Lipinski definition) is 2. The molecule has 0 spiro atoms. The smallest absolute Gasteiger partial charge is 0.309 e. The molecule has 0 fully saturated rings. The predicted octanol–water partition coefficient (Wildman–Crippen LogP) is 4.04. The fourth-order valence-electron chi connectivity index (χ4n) is 1.69. The summed E-state index contributed by atoms with van der Waals surface area (Å²) in [6.07, 6.45) is 2.94. The van der Waals surface area contributed by atoms with Crippen LogP contribution in [0.1, 0.15) is 60.8 Å². The molecule has 0 N–H and O–H groups in total. The molecule has 2 heteroatoms. The van der Waals surface area contributed by atoms with Gasteiger partial charge >= 0.3 is 5.97 Å². The van der Waals surface area contributed by atoms with Crippen molar-refractivity contribution in [2.45, 2.75) is 60.8 Å². The highest BCUT2D eigenvalue weighted by Gasteiger charge is 2.32. The standard InChI is InChI=1S/C14H28O2/c1-7-8-9-16-13(15)12(10-11(2)3)14(4,5)6/h11-12H,7-10H2,1-6H3/t12-/m0/s1. The van der Waals surface area contributed by atoms with E-state index in [0.29, 0.717) is 12.5 Å². The molecular formula is C14H28O2. The van der Waals surface area contributed by atoms with Gasteiger partial charge in [0.25, 0.3) is 0 Å². The molecule has 0 unspecified atom stereocenters. The van der Waals surface area contributed by atoms with Gasteiger partial charge in [0.2, 0.25) is 0 Å². The van der Waals surface area contributed by atoms with E-state index in [1.807, 2.05) is 0 Å². The molecule has 0 heterocycles. The summed E-state index contributed by atoms with van der Waals surface area (Å²) in [4.78, 5) is 12.0. The molecule has 16 heavy (non-hydrogen) atoms. The minimum atomic E-state index is -0.0188. The molecule has 0 amide bonds. The van der Waals surface area contributed by atoms with Crippen molar-refractivity contribution in [3.63, 3.8) is 0 Å². The third kappa shape index (κ3) is 6.14. The summed E-state index contributed by atoms with van der Waals surface area (Å²) in [6.45, 7) is 13.3. The zero-order valence-corrected chi connectivity index (χ0v) is 11.8. The van der Waals surface area contributed by atoms with Gasteiger partial charge in [-0.15, -0.1) is 0 Å². The van der Waals surface area contributed by atoms with Crippen LogP contribution in [0.25, 0.3) is 0 Å². The van der Waals surface area contributed by atoms with E-state index in [1.165, 1.54) is 0 Å². The number of ether oxygens (including phenoxy) is 1. The Labute approximate surface area is 101 Å². The molecule has 0 aromatic carbocycles. The van der Waals surface area contributed by atoms with Crippen LogP contribution < -0.4 is 0 Å². The van der Waals surface area contributed by atoms with Crippen molar-refractivity contribution < 1.29 is 9.53 Å². The number of carbonyl (C=O) groups is 1. The first-order valence-corrected chi connectivity index (χ1v) is 6.45. The second-order valence-electron chi connectivity index (χ2n) is 6.07. The third-order valence-electron chi connectivity index (χ3n) is 2.78. The van der Waals surface area contributed by atoms with Crippen LogP contribution in [0.2, 0.25) is 0 Å². The van der Waals surface area contributed by atoms with Gasteiger partial charge in [0.05, 0.1) is 12.5 Å². The summed E-state index contributed by atoms with van der Waals surface area (Å²) in [5.41, 5.74) is -0.00638. The maximum absolute atomic E-state index is 12.0. The van der Waals surface area contributed by atoms with Gasteiger partial charge in [-0.3, -0.25) is 4.79 Å². The lowest BCUT2D eigenvalue weighted by Crippen LogP contribution is -2.31. The SMILES string of the molecule is CCCCOC(=O)[C@H](CC(C)C)C(C)(C)C. The maximum atomic E-state index is 12.0. The molecule has 0 aliphatic rings. The fraction of sp³-hybridized carbons (Fsp3) is 0.929. The Morgan fingerprint density at radius 2 is 1.81 bits per heavy atom. The summed E-state index contributed by atoms with van der Waals surface area (Å²) in [6, 6.07) is 0. The molecule has 0 rings (SSSR count). The van der Waals surface area contributed by atoms with Gasteiger partial charge in [-0.05, 0) is 24.2 Å². The van der Waals surface area contributed by atoms with E-state index in [0.717, 1.165) is 19.3 Å². The number of carbonyl (C=O) groups excluding carboxylic acids is 1. The van der Waals surface area contributed by atoms with Crippen LogP contribution >= 0.6 is 0 Å². The maximum Gasteiger partial charge on any atom is 0.309 e. The lowest BCUT2D eigenvalue weighted by molar-refractivity contribution is -0.153. The molecule has 0 aliphatic heterocycles. The van der Waals surface area contributed by atoms with Crippen LogP contribution in [0.3, 0.4) is 0 Å². The van der Waals surface area contributed by atoms with E-state index >= 15 is 0 Å². The summed E-state index contributed by atoms with van der Waals surface area (Å²) in [5, 5.41) is 0. The minimum Gasteiger partial charge on any atom is -0.465 e. The van der Waals surface area contributed by atoms with Gasteiger partial charge in [-0.25, -0.2) is 0 Å². The molecule has 0 bridgehead atoms. The zero-order chi connectivity index (χ0) is 12.8. The first-order chi connectivity index (χ1) is 7.29. The number of rotatable bonds is 6. The Bertz CT molecular complexity index is 201. The van der Waals surface area contributed by atoms with Crippen LogP contribution in [-0.2, 0) is 9.53 Å². The van der Waals surface area contributed by atoms with E-state index in [1.54, 1.807) is 0 Å². The van der Waals surface area contributed by atoms with Crippen molar-refractivity contribution in [2.24, 2.45) is 17.3 Å². The van der Waals surface area contributed by atoms with Crippen LogP contribution in [-0.4, -0.2) is 12.6 Å². The van der Waals surface area contributed by atoms with E-state index < -0.39 is 0 Å². The van der Waals surface area contributed by atoms with Crippen LogP contribution in [0, 0.1) is 17.3 Å². The van der Waals surface area contributed by atoms with Gasteiger partial charge in [0.1, 0.15) is 0 Å². The summed E-state index contributed by atoms with van der Waals surface area (Å²) >= 11 is 0. The lowest BCUT2D eigenvalue weighted by atomic mass is 9.76. The Morgan fingerprint density at radius 3 is 2.19 bits per heavy atom. The molecule has 0 aromatic heterocycles. The van der Waals surface area contributed by atoms with Crippen molar-refractivity contribution in [3.8, 4) is 0 Å². The van der Waals surface area contributed by atoms with E-state index in [2.05, 4.69) is 41.5 Å². The van der Waals surface area contributed by atoms with Crippen molar-refractivity contribution >= 4 is 5.97 Å². The molecular weight excluding hydrogens is 200 g/mol. The second kappa shape index (κ2) is 6.93. The van der Waals surface area contributed by atoms with Crippen molar-refractivity contribution in [3.05, 3.63) is 0 Å². The zero-order valence-electron chi connectivity index (χ0n) is 11.8. The number of esters is 1. The molecule has 0 aromatic rings. The van der Waals surface area contributed by atoms with Gasteiger partial charge in [-0.2, -0.15) is 0 Å². The van der Waals surface area contributed by atoms with Crippen molar-refractivity contribution in [1.82, 2.24) is 0 Å². The van der Waals surface area contributed by atoms with Gasteiger partial charge in [-0.1, -0.05) is 48.0 Å². The average Bonchev–Trinajstić information content (AvgIpc) is 2.12. The van der Waals surface area contributed by atoms with Crippen molar-refractivity contribution in [1.29, 1.82) is 0 Å². The summed E-state index contributed by atoms with van der Waals surface area (Å²) < 4.78 is 5.33. The highest BCUT2D eigenvalue weighted by atomic mass is 16.5. The topological polar surface area (TPSA) is 26.3 Å². The Kier molecular flexibility index (Phi) is 6.70. The third-order valence-corrected chi connectivity index (χ3v) is 2.78. The first kappa shape index (κ1) is 15.5. The Morgan fingerprint density at radius 1 is 1.25 bits per heavy atom. The molecule has 96 valence electrons. The van der Waals surface area contributed by atoms with Gasteiger partial charge in [0, 0.05) is 0 Å². The van der Waals surface area contributed by atoms with Gasteiger partial charge < -0.3 is 4.74 Å². The lowest BCUT2D eigenvalue weighted by Gasteiger charge is -2.30. The van der Waals surface area contributed by atoms with Crippen LogP contribution in [0.15, 0.2) is 0 Å². The molecule has 0 aliphatic carbocycles. The molecule has 0 saturated heterocycles. The first-order valence-electron chi connectivity index (χ1n) is 6.45. The van der Waals surface area contributed by atoms with Crippen LogP contribution in [0.4, 0.5) is 0 Å². The normalized spacial score (nSPS) is 13.9. The minimum absolute atomic E-state index is 0.00638. The highest BCUT2D eigenvalue weighted by molar-refractivity contribution is 5.73. The molecule has 1 atom stereocenters. The predicted molar refractivity (Wildman–Crippen MR) is 68.3 cm³/mol. The second-order valence-corrected chi connectivity index (χ2v) is 6.07. The van der Waals surface area contributed by atoms with E-state index in [4.69, 9.17) is 4.74 Å². The van der Waals surface area contributed by atoms with Crippen molar-refractivity contribution in [2.75, 3.05) is 6.61 Å². The number of unbranched alkanes of at least 4 members (excludes halogenated alkanes) is 1. The molecule has 0 radical (unpaired) electrons. The quantitative estimate of drug-likeness (QED) is 0.506. The Hall–Kier alpha value is -0.530. The summed E-state index contributed by atoms with van der Waals surface area (Å²) in [7, 11) is 0. The van der Waals surface area contributed by atoms with Gasteiger partial charge in [0.15, 0.2) is 0 Å². The van der Waals surface area contributed by atoms with E-state index in [-0.39, 0.29) is 17.3 Å².